The van der Waals surface area contributed by atoms with Crippen molar-refractivity contribution in [1.29, 1.82) is 0 Å². The van der Waals surface area contributed by atoms with Gasteiger partial charge in [0.05, 0.1) is 24.9 Å². The molecular formula is C12H15F3N4O4. The smallest absolute Gasteiger partial charge is 0.432 e. The molecule has 2 heterocycles. The van der Waals surface area contributed by atoms with E-state index < -0.39 is 41.8 Å². The summed E-state index contributed by atoms with van der Waals surface area (Å²) in [6.07, 6.45) is -5.49. The van der Waals surface area contributed by atoms with Crippen LogP contribution in [-0.2, 0) is 10.9 Å². The Kier molecular flexibility index (Phi) is 4.78. The Bertz CT molecular complexity index is 589. The van der Waals surface area contributed by atoms with E-state index in [0.717, 1.165) is 4.90 Å². The Morgan fingerprint density at radius 2 is 2.22 bits per heavy atom. The van der Waals surface area contributed by atoms with Crippen molar-refractivity contribution < 1.29 is 32.6 Å². The number of rotatable bonds is 3. The predicted octanol–water partition coefficient (Wildman–Crippen LogP) is 0.926. The van der Waals surface area contributed by atoms with Crippen LogP contribution in [0.1, 0.15) is 22.7 Å². The van der Waals surface area contributed by atoms with E-state index in [-0.39, 0.29) is 19.5 Å². The fraction of sp³-hybridized carbons (Fsp3) is 0.583. The van der Waals surface area contributed by atoms with Crippen LogP contribution >= 0.6 is 0 Å². The normalized spacial score (nSPS) is 22.0. The number of amides is 2. The van der Waals surface area contributed by atoms with E-state index in [4.69, 9.17) is 9.84 Å². The summed E-state index contributed by atoms with van der Waals surface area (Å²) in [5.74, 6) is -1.27. The van der Waals surface area contributed by atoms with Crippen molar-refractivity contribution in [3.63, 3.8) is 0 Å². The molecule has 8 nitrogen and oxygen atoms in total. The Labute approximate surface area is 128 Å². The Balaban J connectivity index is 2.02. The van der Waals surface area contributed by atoms with Gasteiger partial charge in [-0.2, -0.15) is 13.2 Å². The number of ether oxygens (including phenoxy) is 1. The van der Waals surface area contributed by atoms with Gasteiger partial charge >= 0.3 is 12.3 Å². The fourth-order valence-electron chi connectivity index (χ4n) is 2.31. The van der Waals surface area contributed by atoms with Gasteiger partial charge in [0.1, 0.15) is 5.69 Å². The molecule has 1 aromatic rings. The summed E-state index contributed by atoms with van der Waals surface area (Å²) in [7, 11) is 1.36. The predicted molar refractivity (Wildman–Crippen MR) is 69.9 cm³/mol. The number of carbonyl (C=O) groups is 2. The molecule has 0 aliphatic carbocycles. The summed E-state index contributed by atoms with van der Waals surface area (Å²) < 4.78 is 42.6. The number of nitrogens with zero attached hydrogens (tertiary/aromatic N) is 2. The minimum atomic E-state index is -4.62. The average Bonchev–Trinajstić information content (AvgIpc) is 2.97. The van der Waals surface area contributed by atoms with Crippen LogP contribution in [0, 0.1) is 0 Å². The van der Waals surface area contributed by atoms with E-state index in [1.807, 2.05) is 4.98 Å². The number of aromatic amines is 1. The summed E-state index contributed by atoms with van der Waals surface area (Å²) in [5.41, 5.74) is -1.12. The monoisotopic (exact) mass is 336 g/mol. The van der Waals surface area contributed by atoms with Crippen molar-refractivity contribution in [2.24, 2.45) is 0 Å². The van der Waals surface area contributed by atoms with Gasteiger partial charge in [-0.1, -0.05) is 0 Å². The first kappa shape index (κ1) is 17.1. The van der Waals surface area contributed by atoms with Gasteiger partial charge in [-0.3, -0.25) is 4.79 Å². The maximum Gasteiger partial charge on any atom is 0.432 e. The van der Waals surface area contributed by atoms with E-state index in [0.29, 0.717) is 6.20 Å². The average molecular weight is 336 g/mol. The number of hydrogen-bond acceptors (Lipinski definition) is 4. The first-order valence-electron chi connectivity index (χ1n) is 6.66. The first-order valence-corrected chi connectivity index (χ1v) is 6.66. The second-order valence-electron chi connectivity index (χ2n) is 5.01. The third-order valence-corrected chi connectivity index (χ3v) is 3.55. The van der Waals surface area contributed by atoms with Crippen LogP contribution in [0.15, 0.2) is 6.20 Å². The molecule has 3 N–H and O–H groups in total. The number of nitrogens with one attached hydrogen (secondary N) is 2. The lowest BCUT2D eigenvalue weighted by molar-refractivity contribution is -0.140. The minimum Gasteiger partial charge on any atom is -0.465 e. The zero-order chi connectivity index (χ0) is 17.2. The molecule has 1 saturated heterocycles. The number of hydrogen-bond donors (Lipinski definition) is 3. The molecule has 2 rings (SSSR count). The molecule has 0 aromatic carbocycles. The molecule has 0 bridgehead atoms. The van der Waals surface area contributed by atoms with Crippen LogP contribution in [0.2, 0.25) is 0 Å². The van der Waals surface area contributed by atoms with Crippen LogP contribution in [0.4, 0.5) is 18.0 Å². The molecule has 128 valence electrons. The quantitative estimate of drug-likeness (QED) is 0.761. The highest BCUT2D eigenvalue weighted by atomic mass is 19.4. The van der Waals surface area contributed by atoms with E-state index in [9.17, 15) is 22.8 Å². The standard InChI is InChI=1S/C12H15F3N4O4/c1-23-7-5-19(11(21)22)3-2-6(7)17-10(20)9-16-4-8(18-9)12(13,14)15/h4,6-7H,2-3,5H2,1H3,(H,16,18)(H,17,20)(H,21,22). The van der Waals surface area contributed by atoms with Gasteiger partial charge < -0.3 is 25.0 Å². The third-order valence-electron chi connectivity index (χ3n) is 3.55. The highest BCUT2D eigenvalue weighted by molar-refractivity contribution is 5.90. The number of aromatic nitrogens is 2. The lowest BCUT2D eigenvalue weighted by Crippen LogP contribution is -2.55. The van der Waals surface area contributed by atoms with Crippen LogP contribution in [0.3, 0.4) is 0 Å². The van der Waals surface area contributed by atoms with E-state index in [1.165, 1.54) is 7.11 Å². The Hall–Kier alpha value is -2.30. The zero-order valence-corrected chi connectivity index (χ0v) is 12.1. The van der Waals surface area contributed by atoms with Crippen molar-refractivity contribution in [3.05, 3.63) is 17.7 Å². The largest absolute Gasteiger partial charge is 0.465 e. The Morgan fingerprint density at radius 3 is 2.74 bits per heavy atom. The van der Waals surface area contributed by atoms with Gasteiger partial charge in [-0.05, 0) is 6.42 Å². The van der Waals surface area contributed by atoms with Crippen molar-refractivity contribution in [2.45, 2.75) is 24.7 Å². The van der Waals surface area contributed by atoms with Gasteiger partial charge in [-0.15, -0.1) is 0 Å². The molecule has 1 fully saturated rings. The lowest BCUT2D eigenvalue weighted by Gasteiger charge is -2.36. The Morgan fingerprint density at radius 1 is 1.52 bits per heavy atom. The minimum absolute atomic E-state index is 0.0583. The molecule has 0 radical (unpaired) electrons. The van der Waals surface area contributed by atoms with E-state index >= 15 is 0 Å². The summed E-state index contributed by atoms with van der Waals surface area (Å²) in [6, 6.07) is -0.525. The zero-order valence-electron chi connectivity index (χ0n) is 12.1. The van der Waals surface area contributed by atoms with Gasteiger partial charge in [0.15, 0.2) is 5.82 Å². The van der Waals surface area contributed by atoms with Crippen LogP contribution in [-0.4, -0.2) is 64.3 Å². The SMILES string of the molecule is COC1CN(C(=O)O)CCC1NC(=O)c1ncc(C(F)(F)F)[nH]1. The molecular weight excluding hydrogens is 321 g/mol. The van der Waals surface area contributed by atoms with Gasteiger partial charge in [0.2, 0.25) is 0 Å². The molecule has 1 aromatic heterocycles. The summed E-state index contributed by atoms with van der Waals surface area (Å²) in [4.78, 5) is 29.4. The summed E-state index contributed by atoms with van der Waals surface area (Å²) in [6.45, 7) is 0.245. The topological polar surface area (TPSA) is 108 Å². The highest BCUT2D eigenvalue weighted by Gasteiger charge is 2.35. The lowest BCUT2D eigenvalue weighted by atomic mass is 10.0. The number of carbonyl (C=O) groups excluding carboxylic acids is 1. The van der Waals surface area contributed by atoms with Crippen LogP contribution < -0.4 is 5.32 Å². The van der Waals surface area contributed by atoms with Crippen molar-refractivity contribution >= 4 is 12.0 Å². The van der Waals surface area contributed by atoms with Gasteiger partial charge in [-0.25, -0.2) is 9.78 Å². The van der Waals surface area contributed by atoms with Gasteiger partial charge in [0, 0.05) is 13.7 Å². The third kappa shape index (κ3) is 3.92. The molecule has 11 heteroatoms. The molecule has 2 atom stereocenters. The van der Waals surface area contributed by atoms with E-state index in [1.54, 1.807) is 0 Å². The van der Waals surface area contributed by atoms with Crippen molar-refractivity contribution in [2.75, 3.05) is 20.2 Å². The molecule has 1 aliphatic heterocycles. The van der Waals surface area contributed by atoms with Crippen molar-refractivity contribution in [3.8, 4) is 0 Å². The maximum absolute atomic E-state index is 12.5. The van der Waals surface area contributed by atoms with Crippen LogP contribution in [0.5, 0.6) is 0 Å². The van der Waals surface area contributed by atoms with Crippen LogP contribution in [0.25, 0.3) is 0 Å². The number of imidazole rings is 1. The number of alkyl halides is 3. The number of carboxylic acid groups (broad SMARTS) is 1. The van der Waals surface area contributed by atoms with E-state index in [2.05, 4.69) is 10.3 Å². The highest BCUT2D eigenvalue weighted by Crippen LogP contribution is 2.27. The number of halogens is 3. The molecule has 1 aliphatic rings. The first-order chi connectivity index (χ1) is 10.7. The second kappa shape index (κ2) is 6.44. The molecule has 23 heavy (non-hydrogen) atoms. The summed E-state index contributed by atoms with van der Waals surface area (Å²) in [5, 5.41) is 11.5. The number of piperidine rings is 1. The second-order valence-corrected chi connectivity index (χ2v) is 5.01. The molecule has 2 unspecified atom stereocenters. The number of H-pyrrole nitrogens is 1. The molecule has 0 spiro atoms. The van der Waals surface area contributed by atoms with Crippen molar-refractivity contribution in [1.82, 2.24) is 20.2 Å². The van der Waals surface area contributed by atoms with Gasteiger partial charge in [0.25, 0.3) is 5.91 Å². The fourth-order valence-corrected chi connectivity index (χ4v) is 2.31. The maximum atomic E-state index is 12.5. The number of methoxy groups -OCH3 is 1. The molecule has 0 saturated carbocycles. The summed E-state index contributed by atoms with van der Waals surface area (Å²) >= 11 is 0. The molecule has 2 amide bonds. The number of likely N-dealkylation sites (tertiary alicyclic amines) is 1.